The molecule has 5 rings (SSSR count). The smallest absolute Gasteiger partial charge is 0.241 e. The van der Waals surface area contributed by atoms with Crippen molar-refractivity contribution < 1.29 is 13.5 Å². The van der Waals surface area contributed by atoms with Crippen LogP contribution < -0.4 is 9.62 Å². The lowest BCUT2D eigenvalue weighted by atomic mass is 9.86. The fraction of sp³-hybridized carbons (Fsp3) is 0.385. The molecule has 2 N–H and O–H groups in total. The number of nitrogens with one attached hydrogen (secondary N) is 1. The number of anilines is 1. The van der Waals surface area contributed by atoms with Gasteiger partial charge in [-0.05, 0) is 80.5 Å². The molecule has 0 fully saturated rings. The molecule has 2 atom stereocenters. The summed E-state index contributed by atoms with van der Waals surface area (Å²) >= 11 is 0. The average Bonchev–Trinajstić information content (AvgIpc) is 3.29. The van der Waals surface area contributed by atoms with Crippen LogP contribution in [0.1, 0.15) is 93.5 Å². The van der Waals surface area contributed by atoms with Crippen LogP contribution in [0, 0.1) is 0 Å². The predicted molar refractivity (Wildman–Crippen MR) is 185 cm³/mol. The highest BCUT2D eigenvalue weighted by Crippen LogP contribution is 2.36. The Hall–Kier alpha value is -3.45. The Balaban J connectivity index is 1.47. The molecule has 4 aromatic carbocycles. The first-order chi connectivity index (χ1) is 21.1. The summed E-state index contributed by atoms with van der Waals surface area (Å²) in [6.45, 7) is 16.7. The average molecular weight is 625 g/mol. The van der Waals surface area contributed by atoms with Gasteiger partial charge in [0.2, 0.25) is 10.0 Å². The Morgan fingerprint density at radius 3 is 1.69 bits per heavy atom. The van der Waals surface area contributed by atoms with E-state index in [0.717, 1.165) is 28.8 Å². The molecule has 0 spiro atoms. The summed E-state index contributed by atoms with van der Waals surface area (Å²) in [6, 6.07) is 30.1. The van der Waals surface area contributed by atoms with E-state index in [1.807, 2.05) is 25.1 Å². The molecular weight excluding hydrogens is 577 g/mol. The lowest BCUT2D eigenvalue weighted by molar-refractivity contribution is 0.151. The van der Waals surface area contributed by atoms with Crippen LogP contribution in [0.4, 0.5) is 5.69 Å². The molecule has 0 heterocycles. The van der Waals surface area contributed by atoms with Crippen molar-refractivity contribution in [3.05, 3.63) is 130 Å². The van der Waals surface area contributed by atoms with Crippen LogP contribution in [-0.2, 0) is 46.8 Å². The van der Waals surface area contributed by atoms with E-state index in [0.29, 0.717) is 19.5 Å². The van der Waals surface area contributed by atoms with E-state index in [-0.39, 0.29) is 15.7 Å². The fourth-order valence-corrected chi connectivity index (χ4v) is 7.23. The van der Waals surface area contributed by atoms with Gasteiger partial charge in [-0.3, -0.25) is 0 Å². The Morgan fingerprint density at radius 2 is 1.22 bits per heavy atom. The van der Waals surface area contributed by atoms with E-state index in [4.69, 9.17) is 0 Å². The zero-order chi connectivity index (χ0) is 32.6. The molecule has 6 heteroatoms. The minimum atomic E-state index is -3.83. The van der Waals surface area contributed by atoms with Gasteiger partial charge in [-0.25, -0.2) is 13.1 Å². The Labute approximate surface area is 270 Å². The zero-order valence-corrected chi connectivity index (χ0v) is 28.6. The molecule has 1 aliphatic rings. The summed E-state index contributed by atoms with van der Waals surface area (Å²) in [5.74, 6) is 0. The third kappa shape index (κ3) is 7.69. The number of aliphatic hydroxyl groups excluding tert-OH is 1. The van der Waals surface area contributed by atoms with Crippen LogP contribution in [0.2, 0.25) is 0 Å². The van der Waals surface area contributed by atoms with E-state index in [2.05, 4.69) is 112 Å². The number of hydrogen-bond donors (Lipinski definition) is 2. The second-order valence-electron chi connectivity index (χ2n) is 14.5. The van der Waals surface area contributed by atoms with Crippen molar-refractivity contribution in [2.75, 3.05) is 4.90 Å². The summed E-state index contributed by atoms with van der Waals surface area (Å²) < 4.78 is 29.6. The van der Waals surface area contributed by atoms with Crippen LogP contribution in [0.15, 0.2) is 95.9 Å². The first kappa shape index (κ1) is 32.9. The monoisotopic (exact) mass is 624 g/mol. The third-order valence-corrected chi connectivity index (χ3v) is 10.4. The van der Waals surface area contributed by atoms with Crippen molar-refractivity contribution in [2.24, 2.45) is 0 Å². The second kappa shape index (κ2) is 12.7. The summed E-state index contributed by atoms with van der Waals surface area (Å²) in [5, 5.41) is 11.0. The number of aryl methyl sites for hydroxylation is 1. The van der Waals surface area contributed by atoms with Crippen molar-refractivity contribution in [3.63, 3.8) is 0 Å². The van der Waals surface area contributed by atoms with Crippen LogP contribution in [0.5, 0.6) is 0 Å². The largest absolute Gasteiger partial charge is 0.391 e. The standard InChI is InChI=1S/C39H48N2O3S/c1-8-27-13-21-34(22-14-27)45(43,44)40-37-35-24-33(20-15-30(35)23-36(37)42)41(25-28-9-16-31(17-10-28)38(2,3)4)26-29-11-18-32(19-12-29)39(5,6)7/h9-22,24,36-37,40,42H,8,23,25-26H2,1-7H3. The molecule has 0 amide bonds. The fourth-order valence-electron chi connectivity index (χ4n) is 5.99. The van der Waals surface area contributed by atoms with E-state index in [9.17, 15) is 13.5 Å². The predicted octanol–water partition coefficient (Wildman–Crippen LogP) is 7.99. The molecule has 0 aromatic heterocycles. The molecule has 0 saturated heterocycles. The van der Waals surface area contributed by atoms with Crippen LogP contribution >= 0.6 is 0 Å². The van der Waals surface area contributed by atoms with Crippen molar-refractivity contribution in [2.45, 2.75) is 102 Å². The van der Waals surface area contributed by atoms with Gasteiger partial charge in [-0.2, -0.15) is 0 Å². The van der Waals surface area contributed by atoms with Gasteiger partial charge in [0, 0.05) is 25.2 Å². The minimum absolute atomic E-state index is 0.0776. The minimum Gasteiger partial charge on any atom is -0.391 e. The van der Waals surface area contributed by atoms with Gasteiger partial charge >= 0.3 is 0 Å². The molecule has 4 aromatic rings. The maximum atomic E-state index is 13.4. The highest BCUT2D eigenvalue weighted by Gasteiger charge is 2.35. The molecule has 1 aliphatic carbocycles. The Morgan fingerprint density at radius 1 is 0.733 bits per heavy atom. The molecule has 2 unspecified atom stereocenters. The molecule has 0 bridgehead atoms. The molecule has 238 valence electrons. The SMILES string of the molecule is CCc1ccc(S(=O)(=O)NC2c3cc(N(Cc4ccc(C(C)(C)C)cc4)Cc4ccc(C(C)(C)C)cc4)ccc3CC2O)cc1. The second-order valence-corrected chi connectivity index (χ2v) is 16.2. The Bertz CT molecular complexity index is 1650. The topological polar surface area (TPSA) is 69.6 Å². The highest BCUT2D eigenvalue weighted by atomic mass is 32.2. The molecule has 0 radical (unpaired) electrons. The van der Waals surface area contributed by atoms with E-state index < -0.39 is 22.2 Å². The van der Waals surface area contributed by atoms with Crippen LogP contribution in [0.3, 0.4) is 0 Å². The van der Waals surface area contributed by atoms with E-state index in [1.54, 1.807) is 12.1 Å². The first-order valence-electron chi connectivity index (χ1n) is 16.0. The maximum absolute atomic E-state index is 13.4. The van der Waals surface area contributed by atoms with Gasteiger partial charge in [0.25, 0.3) is 0 Å². The highest BCUT2D eigenvalue weighted by molar-refractivity contribution is 7.89. The summed E-state index contributed by atoms with van der Waals surface area (Å²) in [6.07, 6.45) is 0.395. The van der Waals surface area contributed by atoms with Crippen molar-refractivity contribution in [1.29, 1.82) is 0 Å². The zero-order valence-electron chi connectivity index (χ0n) is 27.8. The first-order valence-corrected chi connectivity index (χ1v) is 17.5. The summed E-state index contributed by atoms with van der Waals surface area (Å²) in [4.78, 5) is 2.54. The van der Waals surface area contributed by atoms with Crippen molar-refractivity contribution in [3.8, 4) is 0 Å². The number of sulfonamides is 1. The van der Waals surface area contributed by atoms with Crippen molar-refractivity contribution in [1.82, 2.24) is 4.72 Å². The van der Waals surface area contributed by atoms with Gasteiger partial charge in [0.1, 0.15) is 0 Å². The number of aliphatic hydroxyl groups is 1. The number of nitrogens with zero attached hydrogens (tertiary/aromatic N) is 1. The van der Waals surface area contributed by atoms with Gasteiger partial charge < -0.3 is 10.0 Å². The maximum Gasteiger partial charge on any atom is 0.241 e. The van der Waals surface area contributed by atoms with Crippen LogP contribution in [-0.4, -0.2) is 19.6 Å². The lowest BCUT2D eigenvalue weighted by Crippen LogP contribution is -2.34. The third-order valence-electron chi connectivity index (χ3n) is 8.95. The number of hydrogen-bond acceptors (Lipinski definition) is 4. The molecule has 0 aliphatic heterocycles. The Kier molecular flexibility index (Phi) is 9.33. The molecule has 0 saturated carbocycles. The molecule has 45 heavy (non-hydrogen) atoms. The van der Waals surface area contributed by atoms with Crippen molar-refractivity contribution >= 4 is 15.7 Å². The van der Waals surface area contributed by atoms with Gasteiger partial charge in [0.15, 0.2) is 0 Å². The molecule has 5 nitrogen and oxygen atoms in total. The van der Waals surface area contributed by atoms with Gasteiger partial charge in [0.05, 0.1) is 17.0 Å². The lowest BCUT2D eigenvalue weighted by Gasteiger charge is -2.28. The number of fused-ring (bicyclic) bond motifs is 1. The number of benzene rings is 4. The van der Waals surface area contributed by atoms with E-state index in [1.165, 1.54) is 22.3 Å². The van der Waals surface area contributed by atoms with Crippen LogP contribution in [0.25, 0.3) is 0 Å². The summed E-state index contributed by atoms with van der Waals surface area (Å²) in [7, 11) is -3.83. The molecular formula is C39H48N2O3S. The van der Waals surface area contributed by atoms with E-state index >= 15 is 0 Å². The normalized spacial score (nSPS) is 16.9. The number of rotatable bonds is 9. The quantitative estimate of drug-likeness (QED) is 0.198. The summed E-state index contributed by atoms with van der Waals surface area (Å²) in [5.41, 5.74) is 8.98. The van der Waals surface area contributed by atoms with Gasteiger partial charge in [-0.15, -0.1) is 0 Å². The van der Waals surface area contributed by atoms with Gasteiger partial charge in [-0.1, -0.05) is 115 Å².